The molecule has 0 fully saturated rings. The molecule has 19 heavy (non-hydrogen) atoms. The Hall–Kier alpha value is -2.26. The first kappa shape index (κ1) is 11.8. The first-order chi connectivity index (χ1) is 9.27. The molecule has 1 unspecified atom stereocenters. The zero-order valence-electron chi connectivity index (χ0n) is 10.6. The quantitative estimate of drug-likeness (QED) is 0.760. The van der Waals surface area contributed by atoms with Crippen molar-refractivity contribution in [2.75, 3.05) is 0 Å². The molecule has 3 aromatic rings. The van der Waals surface area contributed by atoms with E-state index in [9.17, 15) is 5.11 Å². The summed E-state index contributed by atoms with van der Waals surface area (Å²) in [6, 6.07) is 9.72. The van der Waals surface area contributed by atoms with E-state index in [0.29, 0.717) is 0 Å². The standard InChI is InChI=1S/C16H14N2O/c1-11-5-7-18-10-15(11)16(19)14-4-2-3-12-9-17-8-6-13(12)14/h2-10,16,19H,1H3. The van der Waals surface area contributed by atoms with E-state index >= 15 is 0 Å². The Morgan fingerprint density at radius 1 is 0.947 bits per heavy atom. The topological polar surface area (TPSA) is 46.0 Å². The maximum Gasteiger partial charge on any atom is 0.106 e. The molecule has 94 valence electrons. The molecule has 0 saturated heterocycles. The van der Waals surface area contributed by atoms with Crippen LogP contribution in [0.1, 0.15) is 22.8 Å². The number of aliphatic hydroxyl groups excluding tert-OH is 1. The first-order valence-corrected chi connectivity index (χ1v) is 6.18. The molecule has 1 atom stereocenters. The van der Waals surface area contributed by atoms with Crippen molar-refractivity contribution in [3.05, 3.63) is 71.8 Å². The average Bonchev–Trinajstić information content (AvgIpc) is 2.46. The number of aromatic nitrogens is 2. The summed E-state index contributed by atoms with van der Waals surface area (Å²) in [5.41, 5.74) is 2.76. The summed E-state index contributed by atoms with van der Waals surface area (Å²) in [5, 5.41) is 12.7. The van der Waals surface area contributed by atoms with Gasteiger partial charge in [-0.15, -0.1) is 0 Å². The summed E-state index contributed by atoms with van der Waals surface area (Å²) < 4.78 is 0. The van der Waals surface area contributed by atoms with Crippen LogP contribution in [0.15, 0.2) is 55.1 Å². The Labute approximate surface area is 111 Å². The molecule has 3 rings (SSSR count). The van der Waals surface area contributed by atoms with Crippen molar-refractivity contribution >= 4 is 10.8 Å². The van der Waals surface area contributed by atoms with Crippen molar-refractivity contribution in [1.29, 1.82) is 0 Å². The van der Waals surface area contributed by atoms with Gasteiger partial charge >= 0.3 is 0 Å². The second-order valence-electron chi connectivity index (χ2n) is 4.58. The molecule has 2 aromatic heterocycles. The van der Waals surface area contributed by atoms with Crippen molar-refractivity contribution in [1.82, 2.24) is 9.97 Å². The maximum absolute atomic E-state index is 10.6. The van der Waals surface area contributed by atoms with Crippen molar-refractivity contribution in [2.24, 2.45) is 0 Å². The second-order valence-corrected chi connectivity index (χ2v) is 4.58. The van der Waals surface area contributed by atoms with Crippen LogP contribution < -0.4 is 0 Å². The van der Waals surface area contributed by atoms with Crippen molar-refractivity contribution in [2.45, 2.75) is 13.0 Å². The Bertz CT molecular complexity index is 719. The molecule has 0 aliphatic carbocycles. The van der Waals surface area contributed by atoms with E-state index in [2.05, 4.69) is 9.97 Å². The van der Waals surface area contributed by atoms with Crippen LogP contribution in [0.2, 0.25) is 0 Å². The van der Waals surface area contributed by atoms with E-state index in [0.717, 1.165) is 27.5 Å². The summed E-state index contributed by atoms with van der Waals surface area (Å²) in [7, 11) is 0. The smallest absolute Gasteiger partial charge is 0.106 e. The van der Waals surface area contributed by atoms with E-state index < -0.39 is 6.10 Å². The fourth-order valence-electron chi connectivity index (χ4n) is 2.32. The third-order valence-corrected chi connectivity index (χ3v) is 3.38. The molecule has 1 aromatic carbocycles. The van der Waals surface area contributed by atoms with Gasteiger partial charge in [-0.25, -0.2) is 0 Å². The predicted octanol–water partition coefficient (Wildman–Crippen LogP) is 3.02. The van der Waals surface area contributed by atoms with Crippen LogP contribution in [0.3, 0.4) is 0 Å². The minimum atomic E-state index is -0.667. The summed E-state index contributed by atoms with van der Waals surface area (Å²) in [6.45, 7) is 1.98. The molecule has 0 bridgehead atoms. The molecule has 0 aliphatic heterocycles. The summed E-state index contributed by atoms with van der Waals surface area (Å²) in [4.78, 5) is 8.21. The molecular formula is C16H14N2O. The third kappa shape index (κ3) is 2.09. The van der Waals surface area contributed by atoms with Gasteiger partial charge in [0.05, 0.1) is 0 Å². The van der Waals surface area contributed by atoms with Crippen LogP contribution in [-0.2, 0) is 0 Å². The van der Waals surface area contributed by atoms with Crippen LogP contribution in [-0.4, -0.2) is 15.1 Å². The number of hydrogen-bond acceptors (Lipinski definition) is 3. The Morgan fingerprint density at radius 3 is 2.58 bits per heavy atom. The van der Waals surface area contributed by atoms with E-state index in [1.54, 1.807) is 18.6 Å². The van der Waals surface area contributed by atoms with Gasteiger partial charge in [0.2, 0.25) is 0 Å². The van der Waals surface area contributed by atoms with Crippen LogP contribution in [0.5, 0.6) is 0 Å². The highest BCUT2D eigenvalue weighted by molar-refractivity contribution is 5.85. The van der Waals surface area contributed by atoms with Crippen molar-refractivity contribution < 1.29 is 5.11 Å². The lowest BCUT2D eigenvalue weighted by Crippen LogP contribution is -2.03. The molecule has 0 saturated carbocycles. The normalized spacial score (nSPS) is 12.5. The number of pyridine rings is 2. The maximum atomic E-state index is 10.6. The molecule has 3 heteroatoms. The Balaban J connectivity index is 2.17. The first-order valence-electron chi connectivity index (χ1n) is 6.18. The van der Waals surface area contributed by atoms with Crippen LogP contribution >= 0.6 is 0 Å². The predicted molar refractivity (Wildman–Crippen MR) is 74.8 cm³/mol. The molecule has 0 radical (unpaired) electrons. The van der Waals surface area contributed by atoms with E-state index in [4.69, 9.17) is 0 Å². The van der Waals surface area contributed by atoms with Gasteiger partial charge in [0.25, 0.3) is 0 Å². The van der Waals surface area contributed by atoms with E-state index in [1.807, 2.05) is 43.5 Å². The zero-order chi connectivity index (χ0) is 13.2. The molecule has 2 heterocycles. The van der Waals surface area contributed by atoms with Crippen molar-refractivity contribution in [3.63, 3.8) is 0 Å². The molecular weight excluding hydrogens is 236 g/mol. The van der Waals surface area contributed by atoms with Crippen molar-refractivity contribution in [3.8, 4) is 0 Å². The fraction of sp³-hybridized carbons (Fsp3) is 0.125. The lowest BCUT2D eigenvalue weighted by Gasteiger charge is -2.15. The Morgan fingerprint density at radius 2 is 1.74 bits per heavy atom. The minimum Gasteiger partial charge on any atom is -0.384 e. The molecule has 0 spiro atoms. The van der Waals surface area contributed by atoms with Gasteiger partial charge < -0.3 is 5.11 Å². The number of aliphatic hydroxyl groups is 1. The fourth-order valence-corrected chi connectivity index (χ4v) is 2.32. The van der Waals surface area contributed by atoms with Crippen LogP contribution in [0, 0.1) is 6.92 Å². The summed E-state index contributed by atoms with van der Waals surface area (Å²) in [5.74, 6) is 0. The zero-order valence-corrected chi connectivity index (χ0v) is 10.6. The number of rotatable bonds is 2. The highest BCUT2D eigenvalue weighted by atomic mass is 16.3. The van der Waals surface area contributed by atoms with Gasteiger partial charge in [-0.2, -0.15) is 0 Å². The number of nitrogens with zero attached hydrogens (tertiary/aromatic N) is 2. The average molecular weight is 250 g/mol. The molecule has 0 aliphatic rings. The van der Waals surface area contributed by atoms with Gasteiger partial charge in [0.15, 0.2) is 0 Å². The number of aryl methyl sites for hydroxylation is 1. The monoisotopic (exact) mass is 250 g/mol. The van der Waals surface area contributed by atoms with Gasteiger partial charge in [0.1, 0.15) is 6.10 Å². The van der Waals surface area contributed by atoms with Gasteiger partial charge in [0, 0.05) is 35.7 Å². The highest BCUT2D eigenvalue weighted by Gasteiger charge is 2.15. The SMILES string of the molecule is Cc1ccncc1C(O)c1cccc2cnccc12. The largest absolute Gasteiger partial charge is 0.384 e. The Kier molecular flexibility index (Phi) is 2.97. The van der Waals surface area contributed by atoms with Crippen LogP contribution in [0.4, 0.5) is 0 Å². The number of benzene rings is 1. The lowest BCUT2D eigenvalue weighted by atomic mass is 9.95. The second kappa shape index (κ2) is 4.78. The number of hydrogen-bond donors (Lipinski definition) is 1. The van der Waals surface area contributed by atoms with Gasteiger partial charge in [-0.1, -0.05) is 18.2 Å². The summed E-state index contributed by atoms with van der Waals surface area (Å²) in [6.07, 6.45) is 6.34. The number of fused-ring (bicyclic) bond motifs is 1. The molecule has 1 N–H and O–H groups in total. The minimum absolute atomic E-state index is 0.667. The van der Waals surface area contributed by atoms with E-state index in [-0.39, 0.29) is 0 Å². The van der Waals surface area contributed by atoms with Crippen LogP contribution in [0.25, 0.3) is 10.8 Å². The summed E-state index contributed by atoms with van der Waals surface area (Å²) >= 11 is 0. The molecule has 3 nitrogen and oxygen atoms in total. The third-order valence-electron chi connectivity index (χ3n) is 3.38. The van der Waals surface area contributed by atoms with Gasteiger partial charge in [-0.3, -0.25) is 9.97 Å². The lowest BCUT2D eigenvalue weighted by molar-refractivity contribution is 0.220. The van der Waals surface area contributed by atoms with Gasteiger partial charge in [-0.05, 0) is 35.6 Å². The highest BCUT2D eigenvalue weighted by Crippen LogP contribution is 2.29. The van der Waals surface area contributed by atoms with E-state index in [1.165, 1.54) is 0 Å². The molecule has 0 amide bonds.